The fourth-order valence-electron chi connectivity index (χ4n) is 5.69. The van der Waals surface area contributed by atoms with Crippen LogP contribution in [-0.4, -0.2) is 74.4 Å². The topological polar surface area (TPSA) is 127 Å². The quantitative estimate of drug-likeness (QED) is 0.232. The molecule has 0 bridgehead atoms. The normalized spacial score (nSPS) is 19.0. The van der Waals surface area contributed by atoms with E-state index in [1.807, 2.05) is 45.9 Å². The second-order valence-electron chi connectivity index (χ2n) is 13.4. The number of nitriles is 1. The monoisotopic (exact) mass is 722 g/mol. The standard InChI is InChI=1S/C33H37BBrClN6O5/c1-31(2)32(3,4)47-34(46-31)25-18-39-28(14-27(25)36)41-10-7-23(8-11-41)45-29-12-21(6-9-38-29)15-33(5,43)20-44-24-13-26(35)30-22(16-37)17-40-42(30)19-24/h6,9,12-14,17-19,23,43H,7-8,10-11,15,20H2,1-5H3. The number of piperidine rings is 1. The highest BCUT2D eigenvalue weighted by atomic mass is 79.9. The number of ether oxygens (including phenoxy) is 2. The van der Waals surface area contributed by atoms with Gasteiger partial charge in [-0.05, 0) is 74.3 Å². The first-order valence-corrected chi connectivity index (χ1v) is 16.7. The summed E-state index contributed by atoms with van der Waals surface area (Å²) in [7, 11) is -0.563. The summed E-state index contributed by atoms with van der Waals surface area (Å²) in [5.41, 5.74) is 0.649. The van der Waals surface area contributed by atoms with Gasteiger partial charge in [0.1, 0.15) is 30.3 Å². The van der Waals surface area contributed by atoms with E-state index in [1.165, 1.54) is 6.20 Å². The van der Waals surface area contributed by atoms with Crippen molar-refractivity contribution >= 4 is 51.4 Å². The molecule has 2 aliphatic heterocycles. The van der Waals surface area contributed by atoms with Crippen molar-refractivity contribution in [2.24, 2.45) is 0 Å². The number of aliphatic hydroxyl groups is 1. The molecule has 4 aromatic heterocycles. The van der Waals surface area contributed by atoms with E-state index in [0.717, 1.165) is 42.8 Å². The molecular weight excluding hydrogens is 687 g/mol. The lowest BCUT2D eigenvalue weighted by atomic mass is 9.80. The van der Waals surface area contributed by atoms with Crippen molar-refractivity contribution in [3.05, 3.63) is 69.7 Å². The molecule has 0 spiro atoms. The van der Waals surface area contributed by atoms with Crippen molar-refractivity contribution in [2.75, 3.05) is 24.6 Å². The fourth-order valence-corrected chi connectivity index (χ4v) is 6.54. The second-order valence-corrected chi connectivity index (χ2v) is 14.7. The number of fused-ring (bicyclic) bond motifs is 1. The molecule has 2 aliphatic rings. The zero-order chi connectivity index (χ0) is 33.6. The first-order valence-electron chi connectivity index (χ1n) is 15.5. The molecule has 1 atom stereocenters. The highest BCUT2D eigenvalue weighted by Gasteiger charge is 2.52. The number of halogens is 2. The molecule has 246 valence electrons. The first-order chi connectivity index (χ1) is 22.2. The molecular formula is C33H37BBrClN6O5. The summed E-state index contributed by atoms with van der Waals surface area (Å²) in [5, 5.41) is 25.2. The van der Waals surface area contributed by atoms with Crippen LogP contribution < -0.4 is 19.8 Å². The van der Waals surface area contributed by atoms with E-state index in [0.29, 0.717) is 38.6 Å². The van der Waals surface area contributed by atoms with Gasteiger partial charge in [0.2, 0.25) is 5.88 Å². The number of hydrogen-bond donors (Lipinski definition) is 1. The van der Waals surface area contributed by atoms with Crippen LogP contribution in [0.4, 0.5) is 5.82 Å². The van der Waals surface area contributed by atoms with Gasteiger partial charge in [0, 0.05) is 65.8 Å². The first kappa shape index (κ1) is 33.5. The molecule has 0 saturated carbocycles. The Labute approximate surface area is 288 Å². The van der Waals surface area contributed by atoms with Crippen LogP contribution in [0.3, 0.4) is 0 Å². The molecule has 0 amide bonds. The van der Waals surface area contributed by atoms with Gasteiger partial charge in [-0.2, -0.15) is 10.4 Å². The molecule has 0 radical (unpaired) electrons. The number of rotatable bonds is 9. The Balaban J connectivity index is 1.01. The van der Waals surface area contributed by atoms with Gasteiger partial charge in [0.25, 0.3) is 0 Å². The Morgan fingerprint density at radius 2 is 1.87 bits per heavy atom. The minimum atomic E-state index is -1.17. The summed E-state index contributed by atoms with van der Waals surface area (Å²) in [6.07, 6.45) is 8.55. The highest BCUT2D eigenvalue weighted by Crippen LogP contribution is 2.37. The lowest BCUT2D eigenvalue weighted by Gasteiger charge is -2.33. The molecule has 11 nitrogen and oxygen atoms in total. The lowest BCUT2D eigenvalue weighted by Crippen LogP contribution is -2.41. The van der Waals surface area contributed by atoms with Gasteiger partial charge in [-0.3, -0.25) is 0 Å². The Morgan fingerprint density at radius 1 is 1.15 bits per heavy atom. The van der Waals surface area contributed by atoms with E-state index in [1.54, 1.807) is 36.1 Å². The predicted octanol–water partition coefficient (Wildman–Crippen LogP) is 5.13. The molecule has 2 saturated heterocycles. The summed E-state index contributed by atoms with van der Waals surface area (Å²) in [4.78, 5) is 11.3. The third-order valence-electron chi connectivity index (χ3n) is 9.02. The van der Waals surface area contributed by atoms with Crippen LogP contribution in [0.15, 0.2) is 53.5 Å². The van der Waals surface area contributed by atoms with Gasteiger partial charge in [0.15, 0.2) is 0 Å². The maximum Gasteiger partial charge on any atom is 0.497 e. The molecule has 2 fully saturated rings. The summed E-state index contributed by atoms with van der Waals surface area (Å²) < 4.78 is 26.8. The average molecular weight is 724 g/mol. The molecule has 6 heterocycles. The Hall–Kier alpha value is -3.41. The highest BCUT2D eigenvalue weighted by molar-refractivity contribution is 9.10. The number of nitrogens with zero attached hydrogens (tertiary/aromatic N) is 6. The summed E-state index contributed by atoms with van der Waals surface area (Å²) in [6, 6.07) is 9.49. The summed E-state index contributed by atoms with van der Waals surface area (Å²) in [6.45, 7) is 11.3. The van der Waals surface area contributed by atoms with Gasteiger partial charge in [0.05, 0.1) is 40.3 Å². The molecule has 6 rings (SSSR count). The van der Waals surface area contributed by atoms with Gasteiger partial charge < -0.3 is 28.8 Å². The van der Waals surface area contributed by atoms with Crippen LogP contribution >= 0.6 is 27.5 Å². The van der Waals surface area contributed by atoms with E-state index in [4.69, 9.17) is 35.4 Å². The molecule has 14 heteroatoms. The molecule has 47 heavy (non-hydrogen) atoms. The van der Waals surface area contributed by atoms with Gasteiger partial charge >= 0.3 is 7.12 Å². The average Bonchev–Trinajstić information content (AvgIpc) is 3.53. The van der Waals surface area contributed by atoms with Gasteiger partial charge in [-0.25, -0.2) is 14.5 Å². The van der Waals surface area contributed by atoms with Gasteiger partial charge in [-0.1, -0.05) is 11.6 Å². The van der Waals surface area contributed by atoms with E-state index in [9.17, 15) is 10.4 Å². The van der Waals surface area contributed by atoms with Gasteiger partial charge in [-0.15, -0.1) is 0 Å². The van der Waals surface area contributed by atoms with Crippen molar-refractivity contribution < 1.29 is 23.9 Å². The molecule has 4 aromatic rings. The fraction of sp³-hybridized carbons (Fsp3) is 0.455. The smallest absolute Gasteiger partial charge is 0.489 e. The molecule has 1 unspecified atom stereocenters. The zero-order valence-corrected chi connectivity index (χ0v) is 29.4. The van der Waals surface area contributed by atoms with Crippen molar-refractivity contribution in [3.8, 4) is 17.7 Å². The Bertz CT molecular complexity index is 1810. The molecule has 0 aromatic carbocycles. The van der Waals surface area contributed by atoms with Crippen LogP contribution in [0.1, 0.15) is 58.6 Å². The van der Waals surface area contributed by atoms with Crippen LogP contribution in [0.5, 0.6) is 11.6 Å². The summed E-state index contributed by atoms with van der Waals surface area (Å²) in [5.74, 6) is 1.84. The van der Waals surface area contributed by atoms with Crippen LogP contribution in [0.25, 0.3) is 5.52 Å². The van der Waals surface area contributed by atoms with E-state index in [-0.39, 0.29) is 12.7 Å². The third-order valence-corrected chi connectivity index (χ3v) is 9.95. The Morgan fingerprint density at radius 3 is 2.55 bits per heavy atom. The van der Waals surface area contributed by atoms with Crippen LogP contribution in [0, 0.1) is 11.3 Å². The maximum absolute atomic E-state index is 11.1. The number of hydrogen-bond acceptors (Lipinski definition) is 10. The Kier molecular flexibility index (Phi) is 9.19. The van der Waals surface area contributed by atoms with Crippen molar-refractivity contribution in [2.45, 2.75) is 76.8 Å². The summed E-state index contributed by atoms with van der Waals surface area (Å²) >= 11 is 10.2. The largest absolute Gasteiger partial charge is 0.497 e. The van der Waals surface area contributed by atoms with E-state index >= 15 is 0 Å². The zero-order valence-electron chi connectivity index (χ0n) is 27.0. The van der Waals surface area contributed by atoms with Crippen molar-refractivity contribution in [3.63, 3.8) is 0 Å². The minimum absolute atomic E-state index is 0.00505. The van der Waals surface area contributed by atoms with E-state index in [2.05, 4.69) is 37.0 Å². The van der Waals surface area contributed by atoms with E-state index < -0.39 is 23.9 Å². The number of pyridine rings is 3. The number of anilines is 1. The number of aromatic nitrogens is 4. The van der Waals surface area contributed by atoms with Crippen LogP contribution in [-0.2, 0) is 15.7 Å². The maximum atomic E-state index is 11.1. The lowest BCUT2D eigenvalue weighted by molar-refractivity contribution is 0.00578. The minimum Gasteiger partial charge on any atom is -0.489 e. The van der Waals surface area contributed by atoms with Crippen molar-refractivity contribution in [1.29, 1.82) is 5.26 Å². The van der Waals surface area contributed by atoms with Crippen molar-refractivity contribution in [1.82, 2.24) is 19.6 Å². The third kappa shape index (κ3) is 7.22. The SMILES string of the molecule is CC(O)(COc1cc(Br)c2c(C#N)cnn2c1)Cc1ccnc(OC2CCN(c3cc(Cl)c(B4OC(C)(C)C(C)(C)O4)cn3)CC2)c1. The predicted molar refractivity (Wildman–Crippen MR) is 182 cm³/mol. The second kappa shape index (κ2) is 12.9. The molecule has 1 N–H and O–H groups in total. The van der Waals surface area contributed by atoms with Crippen LogP contribution in [0.2, 0.25) is 5.02 Å². The molecule has 0 aliphatic carbocycles.